The van der Waals surface area contributed by atoms with E-state index < -0.39 is 0 Å². The molecule has 1 nitrogen and oxygen atoms in total. The maximum atomic E-state index is 12.9. The highest BCUT2D eigenvalue weighted by molar-refractivity contribution is 7.98. The molecule has 1 aliphatic heterocycles. The molecule has 2 rings (SSSR count). The van der Waals surface area contributed by atoms with Gasteiger partial charge in [0.25, 0.3) is 0 Å². The molecular formula is C13H18FNS. The Morgan fingerprint density at radius 2 is 2.06 bits per heavy atom. The molecule has 88 valence electrons. The van der Waals surface area contributed by atoms with Gasteiger partial charge in [0.1, 0.15) is 5.82 Å². The third-order valence-corrected chi connectivity index (χ3v) is 3.92. The summed E-state index contributed by atoms with van der Waals surface area (Å²) in [7, 11) is 0. The van der Waals surface area contributed by atoms with E-state index in [9.17, 15) is 4.39 Å². The molecule has 1 heterocycles. The summed E-state index contributed by atoms with van der Waals surface area (Å²) >= 11 is 1.89. The SMILES string of the molecule is Fc1cccc(CSCCN2CCCC2)c1. The number of benzene rings is 1. The summed E-state index contributed by atoms with van der Waals surface area (Å²) in [6.45, 7) is 3.71. The summed E-state index contributed by atoms with van der Waals surface area (Å²) in [5, 5.41) is 0. The number of likely N-dealkylation sites (tertiary alicyclic amines) is 1. The van der Waals surface area contributed by atoms with Gasteiger partial charge in [0.05, 0.1) is 0 Å². The summed E-state index contributed by atoms with van der Waals surface area (Å²) < 4.78 is 12.9. The van der Waals surface area contributed by atoms with Crippen LogP contribution >= 0.6 is 11.8 Å². The van der Waals surface area contributed by atoms with Crippen molar-refractivity contribution in [2.75, 3.05) is 25.4 Å². The van der Waals surface area contributed by atoms with E-state index in [-0.39, 0.29) is 5.82 Å². The zero-order valence-electron chi connectivity index (χ0n) is 9.49. The van der Waals surface area contributed by atoms with E-state index in [2.05, 4.69) is 4.90 Å². The predicted molar refractivity (Wildman–Crippen MR) is 68.2 cm³/mol. The van der Waals surface area contributed by atoms with Crippen molar-refractivity contribution in [1.29, 1.82) is 0 Å². The summed E-state index contributed by atoms with van der Waals surface area (Å²) in [4.78, 5) is 2.51. The van der Waals surface area contributed by atoms with Crippen molar-refractivity contribution >= 4 is 11.8 Å². The van der Waals surface area contributed by atoms with Gasteiger partial charge >= 0.3 is 0 Å². The number of rotatable bonds is 5. The first-order valence-electron chi connectivity index (χ1n) is 5.89. The lowest BCUT2D eigenvalue weighted by Gasteiger charge is -2.13. The minimum atomic E-state index is -0.127. The van der Waals surface area contributed by atoms with Crippen LogP contribution in [0.3, 0.4) is 0 Å². The Morgan fingerprint density at radius 1 is 1.25 bits per heavy atom. The molecule has 1 aromatic rings. The summed E-state index contributed by atoms with van der Waals surface area (Å²) in [5.41, 5.74) is 1.09. The van der Waals surface area contributed by atoms with Crippen LogP contribution in [0.4, 0.5) is 4.39 Å². The standard InChI is InChI=1S/C13H18FNS/c14-13-5-3-4-12(10-13)11-16-9-8-15-6-1-2-7-15/h3-5,10H,1-2,6-9,11H2. The van der Waals surface area contributed by atoms with E-state index in [1.54, 1.807) is 12.1 Å². The molecular weight excluding hydrogens is 221 g/mol. The van der Waals surface area contributed by atoms with Crippen molar-refractivity contribution < 1.29 is 4.39 Å². The molecule has 0 bridgehead atoms. The molecule has 16 heavy (non-hydrogen) atoms. The van der Waals surface area contributed by atoms with Gasteiger partial charge in [-0.25, -0.2) is 4.39 Å². The second kappa shape index (κ2) is 6.26. The van der Waals surface area contributed by atoms with Gasteiger partial charge in [0.15, 0.2) is 0 Å². The van der Waals surface area contributed by atoms with E-state index in [1.165, 1.54) is 38.5 Å². The van der Waals surface area contributed by atoms with Gasteiger partial charge in [-0.2, -0.15) is 11.8 Å². The van der Waals surface area contributed by atoms with Crippen LogP contribution in [0, 0.1) is 5.82 Å². The van der Waals surface area contributed by atoms with Crippen molar-refractivity contribution in [1.82, 2.24) is 4.90 Å². The first kappa shape index (κ1) is 11.9. The molecule has 0 unspecified atom stereocenters. The van der Waals surface area contributed by atoms with Crippen molar-refractivity contribution in [3.63, 3.8) is 0 Å². The lowest BCUT2D eigenvalue weighted by molar-refractivity contribution is 0.362. The third kappa shape index (κ3) is 3.80. The lowest BCUT2D eigenvalue weighted by atomic mass is 10.2. The smallest absolute Gasteiger partial charge is 0.123 e. The van der Waals surface area contributed by atoms with Gasteiger partial charge in [-0.3, -0.25) is 0 Å². The average Bonchev–Trinajstić information content (AvgIpc) is 2.77. The molecule has 0 radical (unpaired) electrons. The van der Waals surface area contributed by atoms with Crippen molar-refractivity contribution in [3.05, 3.63) is 35.6 Å². The molecule has 1 saturated heterocycles. The van der Waals surface area contributed by atoms with Crippen LogP contribution in [-0.4, -0.2) is 30.3 Å². The summed E-state index contributed by atoms with van der Waals surface area (Å²) in [6, 6.07) is 6.90. The molecule has 0 aliphatic carbocycles. The van der Waals surface area contributed by atoms with E-state index in [1.807, 2.05) is 17.8 Å². The molecule has 0 N–H and O–H groups in total. The average molecular weight is 239 g/mol. The molecule has 0 amide bonds. The van der Waals surface area contributed by atoms with Gasteiger partial charge in [-0.15, -0.1) is 0 Å². The minimum Gasteiger partial charge on any atom is -0.303 e. The van der Waals surface area contributed by atoms with Gasteiger partial charge in [-0.05, 0) is 43.6 Å². The summed E-state index contributed by atoms with van der Waals surface area (Å²) in [5.74, 6) is 1.94. The van der Waals surface area contributed by atoms with Crippen LogP contribution in [0.2, 0.25) is 0 Å². The number of nitrogens with zero attached hydrogens (tertiary/aromatic N) is 1. The maximum Gasteiger partial charge on any atom is 0.123 e. The maximum absolute atomic E-state index is 12.9. The van der Waals surface area contributed by atoms with E-state index in [0.29, 0.717) is 0 Å². The van der Waals surface area contributed by atoms with Crippen LogP contribution in [0.15, 0.2) is 24.3 Å². The van der Waals surface area contributed by atoms with Crippen molar-refractivity contribution in [3.8, 4) is 0 Å². The molecule has 1 fully saturated rings. The third-order valence-electron chi connectivity index (χ3n) is 2.91. The molecule has 0 atom stereocenters. The van der Waals surface area contributed by atoms with Gasteiger partial charge < -0.3 is 4.90 Å². The van der Waals surface area contributed by atoms with Crippen LogP contribution in [0.5, 0.6) is 0 Å². The molecule has 0 saturated carbocycles. The van der Waals surface area contributed by atoms with E-state index in [0.717, 1.165) is 17.1 Å². The first-order chi connectivity index (χ1) is 7.84. The summed E-state index contributed by atoms with van der Waals surface area (Å²) in [6.07, 6.45) is 2.71. The molecule has 3 heteroatoms. The van der Waals surface area contributed by atoms with E-state index >= 15 is 0 Å². The highest BCUT2D eigenvalue weighted by Crippen LogP contribution is 2.14. The van der Waals surface area contributed by atoms with Crippen LogP contribution in [0.25, 0.3) is 0 Å². The Balaban J connectivity index is 1.64. The number of halogens is 1. The van der Waals surface area contributed by atoms with Gasteiger partial charge in [0.2, 0.25) is 0 Å². The fourth-order valence-electron chi connectivity index (χ4n) is 2.02. The molecule has 0 aromatic heterocycles. The van der Waals surface area contributed by atoms with Crippen LogP contribution < -0.4 is 0 Å². The fourth-order valence-corrected chi connectivity index (χ4v) is 2.96. The predicted octanol–water partition coefficient (Wildman–Crippen LogP) is 3.15. The molecule has 1 aliphatic rings. The van der Waals surface area contributed by atoms with Gasteiger partial charge in [0, 0.05) is 18.1 Å². The van der Waals surface area contributed by atoms with Crippen LogP contribution in [-0.2, 0) is 5.75 Å². The zero-order valence-corrected chi connectivity index (χ0v) is 10.3. The normalized spacial score (nSPS) is 16.8. The quantitative estimate of drug-likeness (QED) is 0.726. The second-order valence-corrected chi connectivity index (χ2v) is 5.34. The van der Waals surface area contributed by atoms with Crippen LogP contribution in [0.1, 0.15) is 18.4 Å². The minimum absolute atomic E-state index is 0.127. The number of hydrogen-bond acceptors (Lipinski definition) is 2. The Labute approximate surface area is 101 Å². The Morgan fingerprint density at radius 3 is 2.81 bits per heavy atom. The Bertz CT molecular complexity index is 323. The number of hydrogen-bond donors (Lipinski definition) is 0. The highest BCUT2D eigenvalue weighted by Gasteiger charge is 2.10. The van der Waals surface area contributed by atoms with E-state index in [4.69, 9.17) is 0 Å². The Kier molecular flexibility index (Phi) is 4.67. The molecule has 1 aromatic carbocycles. The molecule has 0 spiro atoms. The van der Waals surface area contributed by atoms with Gasteiger partial charge in [-0.1, -0.05) is 12.1 Å². The topological polar surface area (TPSA) is 3.24 Å². The first-order valence-corrected chi connectivity index (χ1v) is 7.04. The van der Waals surface area contributed by atoms with Crippen molar-refractivity contribution in [2.24, 2.45) is 0 Å². The second-order valence-electron chi connectivity index (χ2n) is 4.23. The monoisotopic (exact) mass is 239 g/mol. The largest absolute Gasteiger partial charge is 0.303 e. The fraction of sp³-hybridized carbons (Fsp3) is 0.538. The Hall–Kier alpha value is -0.540. The zero-order chi connectivity index (χ0) is 11.2. The lowest BCUT2D eigenvalue weighted by Crippen LogP contribution is -2.21. The van der Waals surface area contributed by atoms with Crippen molar-refractivity contribution in [2.45, 2.75) is 18.6 Å². The highest BCUT2D eigenvalue weighted by atomic mass is 32.2. The number of thioether (sulfide) groups is 1.